The van der Waals surface area contributed by atoms with Crippen LogP contribution in [0.15, 0.2) is 5.38 Å². The fourth-order valence-corrected chi connectivity index (χ4v) is 2.24. The van der Waals surface area contributed by atoms with Crippen molar-refractivity contribution in [3.05, 3.63) is 16.1 Å². The first-order valence-electron chi connectivity index (χ1n) is 5.58. The molecule has 1 rings (SSSR count). The average Bonchev–Trinajstić information content (AvgIpc) is 2.73. The van der Waals surface area contributed by atoms with Gasteiger partial charge in [-0.1, -0.05) is 13.8 Å². The zero-order chi connectivity index (χ0) is 13.7. The van der Waals surface area contributed by atoms with Crippen LogP contribution in [0.1, 0.15) is 30.6 Å². The van der Waals surface area contributed by atoms with E-state index in [1.165, 1.54) is 11.3 Å². The van der Waals surface area contributed by atoms with Gasteiger partial charge in [0.15, 0.2) is 0 Å². The molecule has 0 aromatic carbocycles. The second-order valence-corrected chi connectivity index (χ2v) is 5.18. The van der Waals surface area contributed by atoms with Crippen LogP contribution in [0.2, 0.25) is 0 Å². The smallest absolute Gasteiger partial charge is 0.322 e. The lowest BCUT2D eigenvalue weighted by atomic mass is 10.1. The number of amides is 1. The molecule has 0 fully saturated rings. The van der Waals surface area contributed by atoms with Crippen LogP contribution >= 0.6 is 11.3 Å². The summed E-state index contributed by atoms with van der Waals surface area (Å²) in [6.45, 7) is 3.64. The van der Waals surface area contributed by atoms with Crippen molar-refractivity contribution in [2.24, 2.45) is 11.7 Å². The van der Waals surface area contributed by atoms with E-state index in [4.69, 9.17) is 10.8 Å². The van der Waals surface area contributed by atoms with Crippen LogP contribution in [0.4, 0.5) is 0 Å². The van der Waals surface area contributed by atoms with Crippen LogP contribution in [0, 0.1) is 5.92 Å². The molecule has 0 aliphatic heterocycles. The van der Waals surface area contributed by atoms with Gasteiger partial charge in [0.05, 0.1) is 18.2 Å². The molecule has 0 saturated carbocycles. The van der Waals surface area contributed by atoms with Crippen molar-refractivity contribution in [2.75, 3.05) is 6.54 Å². The second kappa shape index (κ2) is 6.46. The maximum Gasteiger partial charge on any atom is 0.322 e. The number of hydrogen-bond donors (Lipinski definition) is 3. The number of nitrogens with zero attached hydrogens (tertiary/aromatic N) is 1. The van der Waals surface area contributed by atoms with E-state index in [2.05, 4.69) is 10.3 Å². The van der Waals surface area contributed by atoms with Gasteiger partial charge in [-0.25, -0.2) is 4.98 Å². The topological polar surface area (TPSA) is 105 Å². The minimum Gasteiger partial charge on any atom is -0.480 e. The first-order chi connectivity index (χ1) is 8.40. The predicted molar refractivity (Wildman–Crippen MR) is 68.2 cm³/mol. The summed E-state index contributed by atoms with van der Waals surface area (Å²) in [5.74, 6) is -1.14. The molecule has 0 aliphatic carbocycles. The average molecular weight is 271 g/mol. The van der Waals surface area contributed by atoms with E-state index in [0.717, 1.165) is 5.01 Å². The Labute approximate surface area is 109 Å². The molecule has 6 nitrogen and oxygen atoms in total. The Bertz CT molecular complexity index is 431. The summed E-state index contributed by atoms with van der Waals surface area (Å²) in [5.41, 5.74) is 6.57. The molecule has 1 aromatic rings. The molecule has 0 radical (unpaired) electrons. The lowest BCUT2D eigenvalue weighted by Gasteiger charge is -2.11. The van der Waals surface area contributed by atoms with Crippen LogP contribution in [-0.4, -0.2) is 28.5 Å². The van der Waals surface area contributed by atoms with Crippen molar-refractivity contribution in [1.82, 2.24) is 10.3 Å². The van der Waals surface area contributed by atoms with Gasteiger partial charge in [-0.05, 0) is 5.92 Å². The van der Waals surface area contributed by atoms with E-state index >= 15 is 0 Å². The number of thiazole rings is 1. The second-order valence-electron chi connectivity index (χ2n) is 4.29. The molecule has 1 atom stereocenters. The van der Waals surface area contributed by atoms with Crippen molar-refractivity contribution >= 4 is 23.2 Å². The summed E-state index contributed by atoms with van der Waals surface area (Å²) in [6, 6.07) is -0.133. The molecule has 1 aromatic heterocycles. The zero-order valence-corrected chi connectivity index (χ0v) is 11.2. The van der Waals surface area contributed by atoms with E-state index in [1.54, 1.807) is 5.38 Å². The number of hydrogen-bond acceptors (Lipinski definition) is 5. The number of nitrogens with two attached hydrogens (primary N) is 1. The highest BCUT2D eigenvalue weighted by Crippen LogP contribution is 2.22. The summed E-state index contributed by atoms with van der Waals surface area (Å²) >= 11 is 1.42. The van der Waals surface area contributed by atoms with E-state index < -0.39 is 5.97 Å². The van der Waals surface area contributed by atoms with Crippen LogP contribution in [0.25, 0.3) is 0 Å². The summed E-state index contributed by atoms with van der Waals surface area (Å²) in [4.78, 5) is 26.0. The van der Waals surface area contributed by atoms with E-state index in [0.29, 0.717) is 5.69 Å². The quantitative estimate of drug-likeness (QED) is 0.700. The molecular weight excluding hydrogens is 254 g/mol. The fourth-order valence-electron chi connectivity index (χ4n) is 1.24. The molecule has 100 valence electrons. The number of rotatable bonds is 6. The summed E-state index contributed by atoms with van der Waals surface area (Å²) in [5, 5.41) is 13.3. The largest absolute Gasteiger partial charge is 0.480 e. The standard InChI is InChI=1S/C11H17N3O3S/c1-6(2)10(12)11-14-7(5-18-11)3-8(15)13-4-9(16)17/h5-6,10H,3-4,12H2,1-2H3,(H,13,15)(H,16,17). The van der Waals surface area contributed by atoms with Gasteiger partial charge in [-0.15, -0.1) is 11.3 Å². The van der Waals surface area contributed by atoms with Crippen molar-refractivity contribution in [1.29, 1.82) is 0 Å². The minimum atomic E-state index is -1.07. The molecule has 18 heavy (non-hydrogen) atoms. The maximum atomic E-state index is 11.4. The highest BCUT2D eigenvalue weighted by molar-refractivity contribution is 7.09. The van der Waals surface area contributed by atoms with Crippen molar-refractivity contribution < 1.29 is 14.7 Å². The number of carboxylic acids is 1. The Morgan fingerprint density at radius 1 is 1.56 bits per heavy atom. The Balaban J connectivity index is 2.53. The number of nitrogens with one attached hydrogen (secondary N) is 1. The van der Waals surface area contributed by atoms with Gasteiger partial charge in [0.1, 0.15) is 11.6 Å². The molecule has 1 amide bonds. The molecule has 0 bridgehead atoms. The van der Waals surface area contributed by atoms with Crippen molar-refractivity contribution in [3.63, 3.8) is 0 Å². The van der Waals surface area contributed by atoms with Gasteiger partial charge >= 0.3 is 5.97 Å². The fraction of sp³-hybridized carbons (Fsp3) is 0.545. The van der Waals surface area contributed by atoms with Crippen LogP contribution in [-0.2, 0) is 16.0 Å². The molecular formula is C11H17N3O3S. The first-order valence-corrected chi connectivity index (χ1v) is 6.46. The molecule has 1 heterocycles. The lowest BCUT2D eigenvalue weighted by Crippen LogP contribution is -2.30. The van der Waals surface area contributed by atoms with E-state index in [1.807, 2.05) is 13.8 Å². The third kappa shape index (κ3) is 4.42. The van der Waals surface area contributed by atoms with Gasteiger partial charge in [0, 0.05) is 5.38 Å². The molecule has 0 spiro atoms. The zero-order valence-electron chi connectivity index (χ0n) is 10.3. The van der Waals surface area contributed by atoms with Gasteiger partial charge in [-0.2, -0.15) is 0 Å². The van der Waals surface area contributed by atoms with Crippen molar-refractivity contribution in [2.45, 2.75) is 26.3 Å². The van der Waals surface area contributed by atoms with E-state index in [9.17, 15) is 9.59 Å². The Morgan fingerprint density at radius 2 is 2.22 bits per heavy atom. The van der Waals surface area contributed by atoms with Crippen LogP contribution in [0.3, 0.4) is 0 Å². The van der Waals surface area contributed by atoms with Crippen LogP contribution in [0.5, 0.6) is 0 Å². The third-order valence-corrected chi connectivity index (χ3v) is 3.35. The number of carbonyl (C=O) groups excluding carboxylic acids is 1. The van der Waals surface area contributed by atoms with Gasteiger partial charge < -0.3 is 16.2 Å². The molecule has 0 saturated heterocycles. The normalized spacial score (nSPS) is 12.4. The number of aliphatic carboxylic acids is 1. The third-order valence-electron chi connectivity index (χ3n) is 2.35. The number of carboxylic acid groups (broad SMARTS) is 1. The molecule has 4 N–H and O–H groups in total. The number of carbonyl (C=O) groups is 2. The molecule has 0 aliphatic rings. The predicted octanol–water partition coefficient (Wildman–Crippen LogP) is 0.542. The highest BCUT2D eigenvalue weighted by atomic mass is 32.1. The van der Waals surface area contributed by atoms with Gasteiger partial charge in [-0.3, -0.25) is 9.59 Å². The Hall–Kier alpha value is -1.47. The highest BCUT2D eigenvalue weighted by Gasteiger charge is 2.15. The minimum absolute atomic E-state index is 0.0780. The molecule has 1 unspecified atom stereocenters. The van der Waals surface area contributed by atoms with E-state index in [-0.39, 0.29) is 30.8 Å². The summed E-state index contributed by atoms with van der Waals surface area (Å²) < 4.78 is 0. The SMILES string of the molecule is CC(C)C(N)c1nc(CC(=O)NCC(=O)O)cs1. The van der Waals surface area contributed by atoms with Gasteiger partial charge in [0.25, 0.3) is 0 Å². The molecule has 7 heteroatoms. The Kier molecular flexibility index (Phi) is 5.24. The summed E-state index contributed by atoms with van der Waals surface area (Å²) in [7, 11) is 0. The lowest BCUT2D eigenvalue weighted by molar-refractivity contribution is -0.137. The van der Waals surface area contributed by atoms with Gasteiger partial charge in [0.2, 0.25) is 5.91 Å². The monoisotopic (exact) mass is 271 g/mol. The van der Waals surface area contributed by atoms with Crippen molar-refractivity contribution in [3.8, 4) is 0 Å². The van der Waals surface area contributed by atoms with Crippen LogP contribution < -0.4 is 11.1 Å². The number of aromatic nitrogens is 1. The summed E-state index contributed by atoms with van der Waals surface area (Å²) in [6.07, 6.45) is 0.0780. The first kappa shape index (κ1) is 14.6. The maximum absolute atomic E-state index is 11.4. The Morgan fingerprint density at radius 3 is 2.78 bits per heavy atom.